The number of nitrogens with zero attached hydrogens (tertiary/aromatic N) is 4. The van der Waals surface area contributed by atoms with Gasteiger partial charge < -0.3 is 15.2 Å². The fourth-order valence-electron chi connectivity index (χ4n) is 3.21. The average Bonchev–Trinajstić information content (AvgIpc) is 2.93. The third-order valence-corrected chi connectivity index (χ3v) is 5.88. The fraction of sp³-hybridized carbons (Fsp3) is 0.550. The van der Waals surface area contributed by atoms with Gasteiger partial charge in [-0.3, -0.25) is 4.99 Å². The monoisotopic (exact) mass is 548 g/mol. The van der Waals surface area contributed by atoms with Gasteiger partial charge in [-0.25, -0.2) is 0 Å². The molecule has 9 heteroatoms. The molecule has 6 nitrogen and oxygen atoms in total. The number of aryl methyl sites for hydroxylation is 1. The number of halogens is 2. The van der Waals surface area contributed by atoms with E-state index in [1.807, 2.05) is 24.3 Å². The van der Waals surface area contributed by atoms with Gasteiger partial charge >= 0.3 is 0 Å². The van der Waals surface area contributed by atoms with Crippen LogP contribution in [0, 0.1) is 0 Å². The Hall–Kier alpha value is -1.000. The Morgan fingerprint density at radius 2 is 2.00 bits per heavy atom. The van der Waals surface area contributed by atoms with Gasteiger partial charge in [-0.15, -0.1) is 45.9 Å². The number of benzene rings is 1. The van der Waals surface area contributed by atoms with Crippen molar-refractivity contribution < 1.29 is 0 Å². The smallest absolute Gasteiger partial charge is 0.191 e. The maximum absolute atomic E-state index is 5.93. The predicted octanol–water partition coefficient (Wildman–Crippen LogP) is 4.17. The van der Waals surface area contributed by atoms with Gasteiger partial charge in [0.15, 0.2) is 5.96 Å². The van der Waals surface area contributed by atoms with Gasteiger partial charge in [-0.2, -0.15) is 0 Å². The molecule has 0 fully saturated rings. The van der Waals surface area contributed by atoms with Gasteiger partial charge in [0, 0.05) is 54.7 Å². The van der Waals surface area contributed by atoms with Crippen LogP contribution >= 0.6 is 47.3 Å². The van der Waals surface area contributed by atoms with Crippen molar-refractivity contribution in [2.24, 2.45) is 4.99 Å². The number of hydrogen-bond donors (Lipinski definition) is 2. The summed E-state index contributed by atoms with van der Waals surface area (Å²) in [7, 11) is 0. The maximum Gasteiger partial charge on any atom is 0.191 e. The second-order valence-corrected chi connectivity index (χ2v) is 8.34. The molecule has 0 saturated heterocycles. The van der Waals surface area contributed by atoms with Gasteiger partial charge in [0.05, 0.1) is 0 Å². The molecular weight excluding hydrogens is 519 g/mol. The van der Waals surface area contributed by atoms with Crippen molar-refractivity contribution in [2.45, 2.75) is 50.5 Å². The summed E-state index contributed by atoms with van der Waals surface area (Å²) in [6.45, 7) is 5.52. The van der Waals surface area contributed by atoms with Crippen molar-refractivity contribution >= 4 is 53.3 Å². The molecule has 0 unspecified atom stereocenters. The molecule has 29 heavy (non-hydrogen) atoms. The minimum absolute atomic E-state index is 0. The number of aliphatic imine (C=N–C) groups is 1. The van der Waals surface area contributed by atoms with E-state index >= 15 is 0 Å². The topological polar surface area (TPSA) is 67.1 Å². The lowest BCUT2D eigenvalue weighted by molar-refractivity contribution is 0.604. The van der Waals surface area contributed by atoms with Crippen molar-refractivity contribution in [2.75, 3.05) is 25.4 Å². The standard InChI is InChI=1S/C20H29ClN6S.HI/c1-2-22-20(24-13-15-28-17-9-7-16(21)8-10-17)23-12-11-19-26-25-18-6-4-3-5-14-27(18)19;/h7-10H,2-6,11-15H2,1H3,(H2,22,23,24);1H. The Morgan fingerprint density at radius 1 is 1.17 bits per heavy atom. The van der Waals surface area contributed by atoms with Crippen LogP contribution in [0.3, 0.4) is 0 Å². The number of hydrogen-bond acceptors (Lipinski definition) is 4. The summed E-state index contributed by atoms with van der Waals surface area (Å²) in [5.74, 6) is 4.02. The molecule has 2 N–H and O–H groups in total. The zero-order valence-corrected chi connectivity index (χ0v) is 20.8. The van der Waals surface area contributed by atoms with Crippen LogP contribution in [-0.2, 0) is 19.4 Å². The third kappa shape index (κ3) is 7.97. The van der Waals surface area contributed by atoms with Crippen LogP contribution in [0.5, 0.6) is 0 Å². The van der Waals surface area contributed by atoms with Crippen LogP contribution in [0.1, 0.15) is 37.8 Å². The van der Waals surface area contributed by atoms with Crippen molar-refractivity contribution in [3.05, 3.63) is 40.9 Å². The van der Waals surface area contributed by atoms with Gasteiger partial charge in [0.2, 0.25) is 0 Å². The predicted molar refractivity (Wildman–Crippen MR) is 133 cm³/mol. The normalized spacial score (nSPS) is 13.9. The lowest BCUT2D eigenvalue weighted by Gasteiger charge is -2.11. The number of fused-ring (bicyclic) bond motifs is 1. The lowest BCUT2D eigenvalue weighted by Crippen LogP contribution is -2.38. The summed E-state index contributed by atoms with van der Waals surface area (Å²) < 4.78 is 2.30. The van der Waals surface area contributed by atoms with Crippen LogP contribution in [0.2, 0.25) is 5.02 Å². The average molecular weight is 549 g/mol. The molecule has 1 aromatic carbocycles. The van der Waals surface area contributed by atoms with E-state index < -0.39 is 0 Å². The number of aromatic nitrogens is 3. The van der Waals surface area contributed by atoms with Crippen molar-refractivity contribution in [3.63, 3.8) is 0 Å². The Morgan fingerprint density at radius 3 is 2.79 bits per heavy atom. The van der Waals surface area contributed by atoms with E-state index in [0.29, 0.717) is 6.54 Å². The molecule has 1 aliphatic heterocycles. The maximum atomic E-state index is 5.93. The zero-order valence-electron chi connectivity index (χ0n) is 16.9. The summed E-state index contributed by atoms with van der Waals surface area (Å²) in [5, 5.41) is 16.2. The number of rotatable bonds is 8. The number of guanidine groups is 1. The second kappa shape index (κ2) is 13.3. The molecule has 1 aromatic heterocycles. The first-order chi connectivity index (χ1) is 13.8. The van der Waals surface area contributed by atoms with Crippen molar-refractivity contribution in [1.29, 1.82) is 0 Å². The largest absolute Gasteiger partial charge is 0.357 e. The van der Waals surface area contributed by atoms with E-state index in [1.54, 1.807) is 11.8 Å². The molecule has 0 atom stereocenters. The highest BCUT2D eigenvalue weighted by Crippen LogP contribution is 2.19. The zero-order chi connectivity index (χ0) is 19.6. The third-order valence-electron chi connectivity index (χ3n) is 4.61. The van der Waals surface area contributed by atoms with E-state index in [-0.39, 0.29) is 24.0 Å². The van der Waals surface area contributed by atoms with Gasteiger partial charge in [-0.1, -0.05) is 18.0 Å². The van der Waals surface area contributed by atoms with Crippen LogP contribution in [0.4, 0.5) is 0 Å². The minimum Gasteiger partial charge on any atom is -0.357 e. The molecule has 2 aromatic rings. The summed E-state index contributed by atoms with van der Waals surface area (Å²) in [6, 6.07) is 7.95. The summed E-state index contributed by atoms with van der Waals surface area (Å²) in [6.07, 6.45) is 5.59. The van der Waals surface area contributed by atoms with Gasteiger partial charge in [0.1, 0.15) is 11.6 Å². The first-order valence-electron chi connectivity index (χ1n) is 10.1. The van der Waals surface area contributed by atoms with Crippen molar-refractivity contribution in [3.8, 4) is 0 Å². The molecule has 0 radical (unpaired) electrons. The molecule has 160 valence electrons. The van der Waals surface area contributed by atoms with Crippen LogP contribution in [0.25, 0.3) is 0 Å². The second-order valence-electron chi connectivity index (χ2n) is 6.73. The highest BCUT2D eigenvalue weighted by atomic mass is 127. The Bertz CT molecular complexity index is 765. The SMILES string of the molecule is CCNC(=NCCc1nnc2n1CCCCC2)NCCSc1ccc(Cl)cc1.I. The van der Waals surface area contributed by atoms with Crippen LogP contribution in [0.15, 0.2) is 34.2 Å². The minimum atomic E-state index is 0. The van der Waals surface area contributed by atoms with E-state index in [0.717, 1.165) is 60.9 Å². The molecule has 0 bridgehead atoms. The van der Waals surface area contributed by atoms with Gasteiger partial charge in [0.25, 0.3) is 0 Å². The Labute approximate surface area is 199 Å². The van der Waals surface area contributed by atoms with E-state index in [9.17, 15) is 0 Å². The Balaban J connectivity index is 0.00000300. The molecule has 2 heterocycles. The quantitative estimate of drug-likeness (QED) is 0.170. The molecule has 0 amide bonds. The van der Waals surface area contributed by atoms with E-state index in [4.69, 9.17) is 16.6 Å². The lowest BCUT2D eigenvalue weighted by atomic mass is 10.2. The molecule has 0 aliphatic carbocycles. The summed E-state index contributed by atoms with van der Waals surface area (Å²) >= 11 is 7.73. The van der Waals surface area contributed by atoms with E-state index in [1.165, 1.54) is 24.2 Å². The summed E-state index contributed by atoms with van der Waals surface area (Å²) in [4.78, 5) is 5.93. The highest BCUT2D eigenvalue weighted by molar-refractivity contribution is 14.0. The molecule has 3 rings (SSSR count). The number of thioether (sulfide) groups is 1. The molecule has 0 saturated carbocycles. The Kier molecular flexibility index (Phi) is 11.2. The van der Waals surface area contributed by atoms with Gasteiger partial charge in [-0.05, 0) is 44.0 Å². The van der Waals surface area contributed by atoms with Crippen molar-refractivity contribution in [1.82, 2.24) is 25.4 Å². The fourth-order valence-corrected chi connectivity index (χ4v) is 4.10. The first kappa shape index (κ1) is 24.3. The first-order valence-corrected chi connectivity index (χ1v) is 11.4. The van der Waals surface area contributed by atoms with Crippen LogP contribution in [-0.4, -0.2) is 46.1 Å². The summed E-state index contributed by atoms with van der Waals surface area (Å²) in [5.41, 5.74) is 0. The molecule has 1 aliphatic rings. The molecule has 0 spiro atoms. The van der Waals surface area contributed by atoms with E-state index in [2.05, 4.69) is 32.3 Å². The highest BCUT2D eigenvalue weighted by Gasteiger charge is 2.14. The number of nitrogens with one attached hydrogen (secondary N) is 2. The molecular formula is C20H30ClIN6S. The van der Waals surface area contributed by atoms with Crippen LogP contribution < -0.4 is 10.6 Å².